The average molecular weight is 256 g/mol. The summed E-state index contributed by atoms with van der Waals surface area (Å²) in [6.45, 7) is 10.4. The normalized spacial score (nSPS) is 28.2. The second-order valence-corrected chi connectivity index (χ2v) is 5.63. The van der Waals surface area contributed by atoms with Crippen LogP contribution in [0.15, 0.2) is 0 Å². The molecular formula is C14H28N2O2. The van der Waals surface area contributed by atoms with E-state index in [9.17, 15) is 9.90 Å². The lowest BCUT2D eigenvalue weighted by atomic mass is 9.97. The molecule has 0 aromatic heterocycles. The molecule has 1 saturated carbocycles. The Morgan fingerprint density at radius 3 is 2.61 bits per heavy atom. The van der Waals surface area contributed by atoms with Crippen molar-refractivity contribution in [2.24, 2.45) is 0 Å². The maximum atomic E-state index is 11.6. The van der Waals surface area contributed by atoms with Gasteiger partial charge in [0, 0.05) is 12.1 Å². The summed E-state index contributed by atoms with van der Waals surface area (Å²) in [5.41, 5.74) is -0.691. The van der Waals surface area contributed by atoms with Gasteiger partial charge in [0.05, 0.1) is 0 Å². The van der Waals surface area contributed by atoms with Crippen LogP contribution in [0, 0.1) is 0 Å². The topological polar surface area (TPSA) is 52.6 Å². The van der Waals surface area contributed by atoms with Crippen LogP contribution in [0.3, 0.4) is 0 Å². The SMILES string of the molecule is CCCNC1(C(=O)O)CCC(N(CC)C(C)C)C1. The van der Waals surface area contributed by atoms with Crippen molar-refractivity contribution in [3.8, 4) is 0 Å². The molecule has 2 atom stereocenters. The Bertz CT molecular complexity index is 281. The number of hydrogen-bond acceptors (Lipinski definition) is 3. The summed E-state index contributed by atoms with van der Waals surface area (Å²) < 4.78 is 0. The quantitative estimate of drug-likeness (QED) is 0.732. The van der Waals surface area contributed by atoms with Gasteiger partial charge in [-0.2, -0.15) is 0 Å². The molecule has 1 aliphatic carbocycles. The predicted molar refractivity (Wildman–Crippen MR) is 73.8 cm³/mol. The highest BCUT2D eigenvalue weighted by Gasteiger charge is 2.46. The highest BCUT2D eigenvalue weighted by molar-refractivity contribution is 5.79. The number of aliphatic carboxylic acids is 1. The standard InChI is InChI=1S/C14H28N2O2/c1-5-9-15-14(13(17)18)8-7-12(10-14)16(6-2)11(3)4/h11-12,15H,5-10H2,1-4H3,(H,17,18). The summed E-state index contributed by atoms with van der Waals surface area (Å²) in [4.78, 5) is 14.0. The largest absolute Gasteiger partial charge is 0.480 e. The van der Waals surface area contributed by atoms with Crippen molar-refractivity contribution < 1.29 is 9.90 Å². The molecule has 0 bridgehead atoms. The summed E-state index contributed by atoms with van der Waals surface area (Å²) in [6, 6.07) is 0.881. The first-order valence-corrected chi connectivity index (χ1v) is 7.21. The molecule has 0 amide bonds. The van der Waals surface area contributed by atoms with E-state index in [2.05, 4.69) is 37.9 Å². The molecule has 0 aromatic carbocycles. The Labute approximate surface area is 111 Å². The summed E-state index contributed by atoms with van der Waals surface area (Å²) in [6.07, 6.45) is 3.43. The molecule has 1 rings (SSSR count). The zero-order chi connectivity index (χ0) is 13.8. The number of nitrogens with zero attached hydrogens (tertiary/aromatic N) is 1. The molecule has 0 heterocycles. The first kappa shape index (κ1) is 15.4. The van der Waals surface area contributed by atoms with Crippen LogP contribution in [0.5, 0.6) is 0 Å². The lowest BCUT2D eigenvalue weighted by molar-refractivity contribution is -0.144. The zero-order valence-electron chi connectivity index (χ0n) is 12.2. The third-order valence-electron chi connectivity index (χ3n) is 4.11. The molecule has 1 fully saturated rings. The molecule has 0 spiro atoms. The van der Waals surface area contributed by atoms with Gasteiger partial charge in [-0.25, -0.2) is 0 Å². The highest BCUT2D eigenvalue weighted by atomic mass is 16.4. The maximum Gasteiger partial charge on any atom is 0.323 e. The van der Waals surface area contributed by atoms with Gasteiger partial charge in [0.2, 0.25) is 0 Å². The minimum absolute atomic E-state index is 0.399. The van der Waals surface area contributed by atoms with Crippen molar-refractivity contribution in [2.75, 3.05) is 13.1 Å². The van der Waals surface area contributed by atoms with E-state index in [-0.39, 0.29) is 0 Å². The van der Waals surface area contributed by atoms with Crippen molar-refractivity contribution >= 4 is 5.97 Å². The van der Waals surface area contributed by atoms with Crippen LogP contribution in [0.4, 0.5) is 0 Å². The van der Waals surface area contributed by atoms with Crippen LogP contribution in [0.1, 0.15) is 53.4 Å². The number of carbonyl (C=O) groups is 1. The molecule has 4 heteroatoms. The molecule has 18 heavy (non-hydrogen) atoms. The van der Waals surface area contributed by atoms with E-state index in [1.807, 2.05) is 0 Å². The third-order valence-corrected chi connectivity index (χ3v) is 4.11. The summed E-state index contributed by atoms with van der Waals surface area (Å²) in [5.74, 6) is -0.682. The summed E-state index contributed by atoms with van der Waals surface area (Å²) in [5, 5.41) is 12.8. The van der Waals surface area contributed by atoms with Gasteiger partial charge in [-0.1, -0.05) is 13.8 Å². The summed E-state index contributed by atoms with van der Waals surface area (Å²) >= 11 is 0. The molecule has 0 radical (unpaired) electrons. The van der Waals surface area contributed by atoms with Crippen LogP contribution in [-0.2, 0) is 4.79 Å². The van der Waals surface area contributed by atoms with Gasteiger partial charge in [0.25, 0.3) is 0 Å². The number of rotatable bonds is 7. The minimum atomic E-state index is -0.691. The van der Waals surface area contributed by atoms with Gasteiger partial charge in [0.1, 0.15) is 5.54 Å². The number of nitrogens with one attached hydrogen (secondary N) is 1. The lowest BCUT2D eigenvalue weighted by Gasteiger charge is -2.33. The molecule has 4 nitrogen and oxygen atoms in total. The molecular weight excluding hydrogens is 228 g/mol. The van der Waals surface area contributed by atoms with Gasteiger partial charge in [0.15, 0.2) is 0 Å². The van der Waals surface area contributed by atoms with E-state index < -0.39 is 11.5 Å². The van der Waals surface area contributed by atoms with E-state index >= 15 is 0 Å². The molecule has 1 aliphatic rings. The minimum Gasteiger partial charge on any atom is -0.480 e. The fourth-order valence-electron chi connectivity index (χ4n) is 3.14. The first-order chi connectivity index (χ1) is 8.46. The molecule has 0 aliphatic heterocycles. The van der Waals surface area contributed by atoms with E-state index in [0.717, 1.165) is 38.8 Å². The highest BCUT2D eigenvalue weighted by Crippen LogP contribution is 2.34. The number of carboxylic acids is 1. The second-order valence-electron chi connectivity index (χ2n) is 5.63. The van der Waals surface area contributed by atoms with Gasteiger partial charge in [-0.05, 0) is 52.6 Å². The zero-order valence-corrected chi connectivity index (χ0v) is 12.2. The Morgan fingerprint density at radius 1 is 1.50 bits per heavy atom. The average Bonchev–Trinajstić information content (AvgIpc) is 2.72. The molecule has 0 saturated heterocycles. The third kappa shape index (κ3) is 3.23. The Hall–Kier alpha value is -0.610. The van der Waals surface area contributed by atoms with Crippen molar-refractivity contribution in [3.63, 3.8) is 0 Å². The van der Waals surface area contributed by atoms with E-state index in [1.54, 1.807) is 0 Å². The smallest absolute Gasteiger partial charge is 0.323 e. The fourth-order valence-corrected chi connectivity index (χ4v) is 3.14. The first-order valence-electron chi connectivity index (χ1n) is 7.21. The van der Waals surface area contributed by atoms with Gasteiger partial charge < -0.3 is 10.4 Å². The van der Waals surface area contributed by atoms with Crippen molar-refractivity contribution in [1.82, 2.24) is 10.2 Å². The van der Waals surface area contributed by atoms with Gasteiger partial charge in [-0.3, -0.25) is 9.69 Å². The van der Waals surface area contributed by atoms with Gasteiger partial charge >= 0.3 is 5.97 Å². The van der Waals surface area contributed by atoms with Crippen LogP contribution in [0.25, 0.3) is 0 Å². The van der Waals surface area contributed by atoms with Crippen LogP contribution in [-0.4, -0.2) is 46.7 Å². The number of hydrogen-bond donors (Lipinski definition) is 2. The Kier molecular flexibility index (Phi) is 5.60. The van der Waals surface area contributed by atoms with Crippen molar-refractivity contribution in [2.45, 2.75) is 71.0 Å². The van der Waals surface area contributed by atoms with Crippen LogP contribution < -0.4 is 5.32 Å². The monoisotopic (exact) mass is 256 g/mol. The lowest BCUT2D eigenvalue weighted by Crippen LogP contribution is -2.52. The maximum absolute atomic E-state index is 11.6. The van der Waals surface area contributed by atoms with Crippen LogP contribution >= 0.6 is 0 Å². The molecule has 0 aromatic rings. The van der Waals surface area contributed by atoms with E-state index in [1.165, 1.54) is 0 Å². The van der Waals surface area contributed by atoms with Crippen LogP contribution in [0.2, 0.25) is 0 Å². The Balaban J connectivity index is 2.73. The molecule has 106 valence electrons. The fraction of sp³-hybridized carbons (Fsp3) is 0.929. The van der Waals surface area contributed by atoms with E-state index in [0.29, 0.717) is 12.1 Å². The van der Waals surface area contributed by atoms with Crippen molar-refractivity contribution in [3.05, 3.63) is 0 Å². The number of carboxylic acid groups (broad SMARTS) is 1. The van der Waals surface area contributed by atoms with Crippen molar-refractivity contribution in [1.29, 1.82) is 0 Å². The van der Waals surface area contributed by atoms with Gasteiger partial charge in [-0.15, -0.1) is 0 Å². The predicted octanol–water partition coefficient (Wildman–Crippen LogP) is 2.09. The summed E-state index contributed by atoms with van der Waals surface area (Å²) in [7, 11) is 0. The molecule has 2 unspecified atom stereocenters. The second kappa shape index (κ2) is 6.53. The Morgan fingerprint density at radius 2 is 2.17 bits per heavy atom. The van der Waals surface area contributed by atoms with E-state index in [4.69, 9.17) is 0 Å². The molecule has 2 N–H and O–H groups in total.